The van der Waals surface area contributed by atoms with Crippen LogP contribution in [0.3, 0.4) is 0 Å². The molecule has 0 amide bonds. The van der Waals surface area contributed by atoms with Crippen molar-refractivity contribution in [2.75, 3.05) is 0 Å². The number of benzene rings is 1. The molecule has 0 spiro atoms. The lowest BCUT2D eigenvalue weighted by Gasteiger charge is -2.33. The second-order valence-corrected chi connectivity index (χ2v) is 4.78. The largest absolute Gasteiger partial charge is 0.419 e. The van der Waals surface area contributed by atoms with Crippen LogP contribution in [-0.2, 0) is 11.8 Å². The molecule has 1 aromatic carbocycles. The summed E-state index contributed by atoms with van der Waals surface area (Å²) in [5, 5.41) is 10.3. The molecule has 1 aliphatic rings. The van der Waals surface area contributed by atoms with Gasteiger partial charge in [0.1, 0.15) is 5.82 Å². The maximum absolute atomic E-state index is 13.2. The van der Waals surface area contributed by atoms with Crippen molar-refractivity contribution >= 4 is 0 Å². The summed E-state index contributed by atoms with van der Waals surface area (Å²) in [7, 11) is 0. The van der Waals surface area contributed by atoms with E-state index >= 15 is 0 Å². The van der Waals surface area contributed by atoms with Crippen LogP contribution in [0.2, 0.25) is 0 Å². The standard InChI is InChI=1S/C13H14F4O/c14-11-5-4-9(8-10(11)13(15,16)17)12(18)6-2-1-3-7-12/h4-5,8,18H,1-3,6-7H2. The number of alkyl halides is 3. The van der Waals surface area contributed by atoms with Crippen LogP contribution in [-0.4, -0.2) is 5.11 Å². The second kappa shape index (κ2) is 4.53. The van der Waals surface area contributed by atoms with Crippen molar-refractivity contribution in [3.05, 3.63) is 35.1 Å². The van der Waals surface area contributed by atoms with E-state index < -0.39 is 23.2 Å². The summed E-state index contributed by atoms with van der Waals surface area (Å²) >= 11 is 0. The molecule has 0 radical (unpaired) electrons. The van der Waals surface area contributed by atoms with Gasteiger partial charge in [0, 0.05) is 0 Å². The van der Waals surface area contributed by atoms with Crippen molar-refractivity contribution in [1.82, 2.24) is 0 Å². The molecular formula is C13H14F4O. The molecule has 1 nitrogen and oxygen atoms in total. The molecule has 0 unspecified atom stereocenters. The molecule has 1 aromatic rings. The van der Waals surface area contributed by atoms with Gasteiger partial charge in [0.25, 0.3) is 0 Å². The first-order valence-corrected chi connectivity index (χ1v) is 5.92. The lowest BCUT2D eigenvalue weighted by molar-refractivity contribution is -0.140. The highest BCUT2D eigenvalue weighted by Gasteiger charge is 2.37. The summed E-state index contributed by atoms with van der Waals surface area (Å²) in [5.41, 5.74) is -2.39. The van der Waals surface area contributed by atoms with Crippen LogP contribution in [0, 0.1) is 5.82 Å². The summed E-state index contributed by atoms with van der Waals surface area (Å²) in [6.07, 6.45) is -1.36. The minimum absolute atomic E-state index is 0.163. The zero-order valence-electron chi connectivity index (χ0n) is 9.73. The predicted molar refractivity (Wildman–Crippen MR) is 58.4 cm³/mol. The Labute approximate surface area is 102 Å². The van der Waals surface area contributed by atoms with E-state index in [1.807, 2.05) is 0 Å². The smallest absolute Gasteiger partial charge is 0.385 e. The van der Waals surface area contributed by atoms with Crippen molar-refractivity contribution in [2.24, 2.45) is 0 Å². The first-order chi connectivity index (χ1) is 8.33. The summed E-state index contributed by atoms with van der Waals surface area (Å²) in [4.78, 5) is 0. The van der Waals surface area contributed by atoms with Crippen molar-refractivity contribution in [3.8, 4) is 0 Å². The minimum Gasteiger partial charge on any atom is -0.385 e. The van der Waals surface area contributed by atoms with E-state index in [4.69, 9.17) is 0 Å². The highest BCUT2D eigenvalue weighted by Crippen LogP contribution is 2.40. The van der Waals surface area contributed by atoms with Gasteiger partial charge in [-0.2, -0.15) is 13.2 Å². The van der Waals surface area contributed by atoms with Crippen molar-refractivity contribution < 1.29 is 22.7 Å². The average Bonchev–Trinajstić information content (AvgIpc) is 2.28. The highest BCUT2D eigenvalue weighted by molar-refractivity contribution is 5.31. The molecule has 5 heteroatoms. The van der Waals surface area contributed by atoms with Crippen molar-refractivity contribution in [3.63, 3.8) is 0 Å². The van der Waals surface area contributed by atoms with Crippen LogP contribution < -0.4 is 0 Å². The Hall–Kier alpha value is -1.10. The lowest BCUT2D eigenvalue weighted by Crippen LogP contribution is -2.29. The number of aliphatic hydroxyl groups is 1. The molecule has 1 aliphatic carbocycles. The Morgan fingerprint density at radius 2 is 1.67 bits per heavy atom. The van der Waals surface area contributed by atoms with Gasteiger partial charge in [-0.1, -0.05) is 25.3 Å². The Morgan fingerprint density at radius 1 is 1.06 bits per heavy atom. The summed E-state index contributed by atoms with van der Waals surface area (Å²) < 4.78 is 51.0. The first-order valence-electron chi connectivity index (χ1n) is 5.92. The average molecular weight is 262 g/mol. The summed E-state index contributed by atoms with van der Waals surface area (Å²) in [6, 6.07) is 2.77. The minimum atomic E-state index is -4.73. The van der Waals surface area contributed by atoms with Crippen LogP contribution in [0.4, 0.5) is 17.6 Å². The molecule has 0 atom stereocenters. The van der Waals surface area contributed by atoms with Crippen LogP contribution in [0.1, 0.15) is 43.2 Å². The monoisotopic (exact) mass is 262 g/mol. The lowest BCUT2D eigenvalue weighted by atomic mass is 9.79. The van der Waals surface area contributed by atoms with Gasteiger partial charge in [0.05, 0.1) is 11.2 Å². The van der Waals surface area contributed by atoms with Gasteiger partial charge >= 0.3 is 6.18 Å². The first kappa shape index (κ1) is 13.3. The van der Waals surface area contributed by atoms with Gasteiger partial charge in [-0.15, -0.1) is 0 Å². The van der Waals surface area contributed by atoms with E-state index in [1.54, 1.807) is 0 Å². The number of hydrogen-bond donors (Lipinski definition) is 1. The molecule has 0 bridgehead atoms. The predicted octanol–water partition coefficient (Wildman–Crippen LogP) is 4.00. The second-order valence-electron chi connectivity index (χ2n) is 4.78. The Balaban J connectivity index is 2.40. The van der Waals surface area contributed by atoms with Crippen molar-refractivity contribution in [2.45, 2.75) is 43.9 Å². The van der Waals surface area contributed by atoms with E-state index in [1.165, 1.54) is 6.07 Å². The fourth-order valence-electron chi connectivity index (χ4n) is 2.46. The molecule has 1 fully saturated rings. The molecule has 100 valence electrons. The topological polar surface area (TPSA) is 20.2 Å². The molecule has 1 saturated carbocycles. The van der Waals surface area contributed by atoms with Gasteiger partial charge in [0.15, 0.2) is 0 Å². The van der Waals surface area contributed by atoms with Crippen LogP contribution >= 0.6 is 0 Å². The molecule has 2 rings (SSSR count). The van der Waals surface area contributed by atoms with Crippen LogP contribution in [0.15, 0.2) is 18.2 Å². The molecule has 0 heterocycles. The maximum Gasteiger partial charge on any atom is 0.419 e. The number of halogens is 4. The number of hydrogen-bond acceptors (Lipinski definition) is 1. The van der Waals surface area contributed by atoms with E-state index in [0.29, 0.717) is 12.8 Å². The molecule has 18 heavy (non-hydrogen) atoms. The third-order valence-electron chi connectivity index (χ3n) is 3.49. The van der Waals surface area contributed by atoms with Gasteiger partial charge in [0.2, 0.25) is 0 Å². The quantitative estimate of drug-likeness (QED) is 0.758. The van der Waals surface area contributed by atoms with Crippen molar-refractivity contribution in [1.29, 1.82) is 0 Å². The van der Waals surface area contributed by atoms with E-state index in [-0.39, 0.29) is 5.56 Å². The molecule has 1 N–H and O–H groups in total. The molecule has 0 saturated heterocycles. The van der Waals surface area contributed by atoms with Gasteiger partial charge in [-0.3, -0.25) is 0 Å². The fraction of sp³-hybridized carbons (Fsp3) is 0.538. The normalized spacial score (nSPS) is 19.8. The maximum atomic E-state index is 13.2. The Kier molecular flexibility index (Phi) is 3.36. The third kappa shape index (κ3) is 2.51. The SMILES string of the molecule is OC1(c2ccc(F)c(C(F)(F)F)c2)CCCCC1. The van der Waals surface area contributed by atoms with Crippen LogP contribution in [0.5, 0.6) is 0 Å². The van der Waals surface area contributed by atoms with E-state index in [2.05, 4.69) is 0 Å². The Bertz CT molecular complexity index is 433. The fourth-order valence-corrected chi connectivity index (χ4v) is 2.46. The highest BCUT2D eigenvalue weighted by atomic mass is 19.4. The summed E-state index contributed by atoms with van der Waals surface area (Å²) in [5.74, 6) is -1.30. The zero-order valence-corrected chi connectivity index (χ0v) is 9.73. The number of rotatable bonds is 1. The third-order valence-corrected chi connectivity index (χ3v) is 3.49. The van der Waals surface area contributed by atoms with Gasteiger partial charge < -0.3 is 5.11 Å². The van der Waals surface area contributed by atoms with Gasteiger partial charge in [-0.25, -0.2) is 4.39 Å². The molecule has 0 aromatic heterocycles. The zero-order chi connectivity index (χ0) is 13.4. The van der Waals surface area contributed by atoms with Gasteiger partial charge in [-0.05, 0) is 30.5 Å². The van der Waals surface area contributed by atoms with E-state index in [0.717, 1.165) is 31.4 Å². The molecule has 0 aliphatic heterocycles. The molecular weight excluding hydrogens is 248 g/mol. The Morgan fingerprint density at radius 3 is 2.22 bits per heavy atom. The van der Waals surface area contributed by atoms with Crippen LogP contribution in [0.25, 0.3) is 0 Å². The van der Waals surface area contributed by atoms with E-state index in [9.17, 15) is 22.7 Å². The summed E-state index contributed by atoms with van der Waals surface area (Å²) in [6.45, 7) is 0.